The molecule has 0 unspecified atom stereocenters. The predicted molar refractivity (Wildman–Crippen MR) is 95.8 cm³/mol. The molecule has 2 aliphatic rings. The lowest BCUT2D eigenvalue weighted by Gasteiger charge is -2.35. The minimum absolute atomic E-state index is 0.0633. The highest BCUT2D eigenvalue weighted by Crippen LogP contribution is 2.43. The third-order valence-electron chi connectivity index (χ3n) is 5.10. The van der Waals surface area contributed by atoms with Crippen molar-refractivity contribution in [2.45, 2.75) is 45.6 Å². The lowest BCUT2D eigenvalue weighted by atomic mass is 9.76. The number of hydrogen-bond acceptors (Lipinski definition) is 3. The molecule has 1 saturated carbocycles. The van der Waals surface area contributed by atoms with Crippen molar-refractivity contribution in [2.24, 2.45) is 4.99 Å². The molecule has 3 nitrogen and oxygen atoms in total. The van der Waals surface area contributed by atoms with Crippen molar-refractivity contribution >= 4 is 28.0 Å². The summed E-state index contributed by atoms with van der Waals surface area (Å²) in [5, 5.41) is 4.10. The van der Waals surface area contributed by atoms with E-state index in [2.05, 4.69) is 50.4 Å². The number of fused-ring (bicyclic) bond motifs is 1. The highest BCUT2D eigenvalue weighted by Gasteiger charge is 2.46. The molecule has 118 valence electrons. The molecule has 4 rings (SSSR count). The van der Waals surface area contributed by atoms with Crippen molar-refractivity contribution in [1.82, 2.24) is 0 Å². The molecule has 1 fully saturated rings. The third kappa shape index (κ3) is 2.16. The third-order valence-corrected chi connectivity index (χ3v) is 6.23. The lowest BCUT2D eigenvalue weighted by Crippen LogP contribution is -2.46. The maximum absolute atomic E-state index is 12.7. The van der Waals surface area contributed by atoms with Crippen molar-refractivity contribution in [3.8, 4) is 0 Å². The number of carbonyl (C=O) groups excluding carboxylic acids is 1. The predicted octanol–water partition coefficient (Wildman–Crippen LogP) is 4.39. The maximum Gasteiger partial charge on any atom is 0.252 e. The molecule has 2 heterocycles. The first-order chi connectivity index (χ1) is 11.0. The van der Waals surface area contributed by atoms with E-state index >= 15 is 0 Å². The van der Waals surface area contributed by atoms with Gasteiger partial charge in [0.1, 0.15) is 10.5 Å². The average Bonchev–Trinajstić information content (AvgIpc) is 2.67. The van der Waals surface area contributed by atoms with Gasteiger partial charge < -0.3 is 5.32 Å². The Balaban J connectivity index is 1.96. The number of aryl methyl sites for hydroxylation is 2. The van der Waals surface area contributed by atoms with E-state index in [0.29, 0.717) is 0 Å². The molecule has 0 radical (unpaired) electrons. The van der Waals surface area contributed by atoms with Crippen LogP contribution in [0, 0.1) is 20.8 Å². The van der Waals surface area contributed by atoms with Crippen LogP contribution in [0.15, 0.2) is 29.3 Å². The molecule has 0 saturated heterocycles. The second-order valence-electron chi connectivity index (χ2n) is 6.65. The Labute approximate surface area is 140 Å². The fourth-order valence-corrected chi connectivity index (χ4v) is 4.37. The number of nitrogens with one attached hydrogen (secondary N) is 1. The zero-order chi connectivity index (χ0) is 16.2. The molecule has 23 heavy (non-hydrogen) atoms. The first-order valence-electron chi connectivity index (χ1n) is 8.09. The Morgan fingerprint density at radius 2 is 1.83 bits per heavy atom. The number of rotatable bonds is 1. The molecule has 1 aliphatic heterocycles. The molecule has 2 aromatic rings. The molecule has 4 heteroatoms. The quantitative estimate of drug-likeness (QED) is 0.830. The normalized spacial score (nSPS) is 18.7. The fourth-order valence-electron chi connectivity index (χ4n) is 3.31. The van der Waals surface area contributed by atoms with Crippen LogP contribution in [0.5, 0.6) is 0 Å². The fraction of sp³-hybridized carbons (Fsp3) is 0.368. The molecule has 0 atom stereocenters. The smallest absolute Gasteiger partial charge is 0.252 e. The monoisotopic (exact) mass is 324 g/mol. The number of aliphatic imine (C=N–C) groups is 1. The van der Waals surface area contributed by atoms with Crippen LogP contribution in [-0.4, -0.2) is 17.2 Å². The SMILES string of the molecule is Cc1ccc(C2=NC3(CCC3)C(=O)Nc3sc(C)c(C)c32)cc1. The van der Waals surface area contributed by atoms with Crippen LogP contribution in [0.4, 0.5) is 5.00 Å². The summed E-state index contributed by atoms with van der Waals surface area (Å²) >= 11 is 1.66. The summed E-state index contributed by atoms with van der Waals surface area (Å²) in [6.07, 6.45) is 2.77. The van der Waals surface area contributed by atoms with Gasteiger partial charge in [0.2, 0.25) is 0 Å². The summed E-state index contributed by atoms with van der Waals surface area (Å²) in [4.78, 5) is 19.0. The highest BCUT2D eigenvalue weighted by molar-refractivity contribution is 7.17. The van der Waals surface area contributed by atoms with Gasteiger partial charge in [-0.2, -0.15) is 0 Å². The first kappa shape index (κ1) is 14.6. The molecular formula is C19H20N2OS. The van der Waals surface area contributed by atoms with Gasteiger partial charge in [0.25, 0.3) is 5.91 Å². The zero-order valence-electron chi connectivity index (χ0n) is 13.7. The maximum atomic E-state index is 12.7. The van der Waals surface area contributed by atoms with E-state index in [0.717, 1.165) is 41.1 Å². The molecule has 1 aromatic carbocycles. The van der Waals surface area contributed by atoms with Gasteiger partial charge in [-0.15, -0.1) is 11.3 Å². The first-order valence-corrected chi connectivity index (χ1v) is 8.90. The molecule has 1 N–H and O–H groups in total. The number of amides is 1. The van der Waals surface area contributed by atoms with Crippen LogP contribution < -0.4 is 5.32 Å². The van der Waals surface area contributed by atoms with E-state index in [4.69, 9.17) is 4.99 Å². The minimum Gasteiger partial charge on any atom is -0.315 e. The molecule has 1 amide bonds. The summed E-state index contributed by atoms with van der Waals surface area (Å²) in [5.74, 6) is 0.0633. The van der Waals surface area contributed by atoms with Crippen molar-refractivity contribution in [2.75, 3.05) is 5.32 Å². The van der Waals surface area contributed by atoms with Gasteiger partial charge in [-0.05, 0) is 45.6 Å². The van der Waals surface area contributed by atoms with Gasteiger partial charge in [0.05, 0.1) is 5.71 Å². The van der Waals surface area contributed by atoms with E-state index in [1.807, 2.05) is 0 Å². The molecule has 1 aliphatic carbocycles. The average molecular weight is 324 g/mol. The van der Waals surface area contributed by atoms with Crippen molar-refractivity contribution < 1.29 is 4.79 Å². The Bertz CT molecular complexity index is 826. The number of anilines is 1. The van der Waals surface area contributed by atoms with Crippen LogP contribution >= 0.6 is 11.3 Å². The Kier molecular flexibility index (Phi) is 3.20. The van der Waals surface area contributed by atoms with Gasteiger partial charge in [-0.25, -0.2) is 0 Å². The molecule has 1 aromatic heterocycles. The summed E-state index contributed by atoms with van der Waals surface area (Å²) in [6.45, 7) is 6.31. The minimum atomic E-state index is -0.556. The Morgan fingerprint density at radius 3 is 2.43 bits per heavy atom. The number of thiophene rings is 1. The van der Waals surface area contributed by atoms with E-state index in [-0.39, 0.29) is 5.91 Å². The summed E-state index contributed by atoms with van der Waals surface area (Å²) in [6, 6.07) is 8.46. The van der Waals surface area contributed by atoms with Crippen LogP contribution in [0.25, 0.3) is 0 Å². The number of hydrogen-bond donors (Lipinski definition) is 1. The van der Waals surface area contributed by atoms with Gasteiger partial charge in [-0.1, -0.05) is 29.8 Å². The second-order valence-corrected chi connectivity index (χ2v) is 7.88. The molecular weight excluding hydrogens is 304 g/mol. The van der Waals surface area contributed by atoms with Crippen LogP contribution in [0.2, 0.25) is 0 Å². The van der Waals surface area contributed by atoms with Crippen LogP contribution in [-0.2, 0) is 4.79 Å². The molecule has 0 bridgehead atoms. The highest BCUT2D eigenvalue weighted by atomic mass is 32.1. The largest absolute Gasteiger partial charge is 0.315 e. The van der Waals surface area contributed by atoms with Gasteiger partial charge >= 0.3 is 0 Å². The number of carbonyl (C=O) groups is 1. The molecule has 1 spiro atoms. The van der Waals surface area contributed by atoms with Gasteiger partial charge in [0.15, 0.2) is 0 Å². The van der Waals surface area contributed by atoms with E-state index in [1.54, 1.807) is 11.3 Å². The van der Waals surface area contributed by atoms with Gasteiger partial charge in [0, 0.05) is 16.0 Å². The van der Waals surface area contributed by atoms with Crippen molar-refractivity contribution in [3.05, 3.63) is 51.4 Å². The van der Waals surface area contributed by atoms with E-state index in [1.165, 1.54) is 16.0 Å². The Morgan fingerprint density at radius 1 is 1.13 bits per heavy atom. The van der Waals surface area contributed by atoms with E-state index < -0.39 is 5.54 Å². The topological polar surface area (TPSA) is 41.5 Å². The zero-order valence-corrected chi connectivity index (χ0v) is 14.5. The van der Waals surface area contributed by atoms with E-state index in [9.17, 15) is 4.79 Å². The summed E-state index contributed by atoms with van der Waals surface area (Å²) < 4.78 is 0. The van der Waals surface area contributed by atoms with Crippen molar-refractivity contribution in [1.29, 1.82) is 0 Å². The van der Waals surface area contributed by atoms with Crippen LogP contribution in [0.1, 0.15) is 46.4 Å². The standard InChI is InChI=1S/C19H20N2OS/c1-11-5-7-14(8-6-11)16-15-12(2)13(3)23-17(15)20-18(22)19(21-16)9-4-10-19/h5-8H,4,9-10H2,1-3H3,(H,20,22). The summed E-state index contributed by atoms with van der Waals surface area (Å²) in [7, 11) is 0. The van der Waals surface area contributed by atoms with Crippen molar-refractivity contribution in [3.63, 3.8) is 0 Å². The number of benzene rings is 1. The van der Waals surface area contributed by atoms with Crippen LogP contribution in [0.3, 0.4) is 0 Å². The second kappa shape index (κ2) is 5.03. The number of nitrogens with zero attached hydrogens (tertiary/aromatic N) is 1. The lowest BCUT2D eigenvalue weighted by molar-refractivity contribution is -0.123. The van der Waals surface area contributed by atoms with Gasteiger partial charge in [-0.3, -0.25) is 9.79 Å². The Hall–Kier alpha value is -1.94. The summed E-state index contributed by atoms with van der Waals surface area (Å²) in [5.41, 5.74) is 5.07.